The van der Waals surface area contributed by atoms with E-state index < -0.39 is 0 Å². The van der Waals surface area contributed by atoms with Crippen molar-refractivity contribution in [1.29, 1.82) is 5.26 Å². The van der Waals surface area contributed by atoms with Crippen LogP contribution < -0.4 is 0 Å². The first kappa shape index (κ1) is 6.05. The van der Waals surface area contributed by atoms with Gasteiger partial charge in [0.1, 0.15) is 0 Å². The molecule has 0 N–H and O–H groups in total. The van der Waals surface area contributed by atoms with Crippen LogP contribution in [-0.2, 0) is 0 Å². The molecule has 0 unspecified atom stereocenters. The molecule has 0 radical (unpaired) electrons. The molecule has 52 valence electrons. The molecule has 2 aliphatic heterocycles. The van der Waals surface area contributed by atoms with E-state index in [9.17, 15) is 0 Å². The van der Waals surface area contributed by atoms with E-state index in [-0.39, 0.29) is 5.92 Å². The Bertz CT molecular complexity index is 339. The highest BCUT2D eigenvalue weighted by Crippen LogP contribution is 2.21. The lowest BCUT2D eigenvalue weighted by Gasteiger charge is -2.08. The summed E-state index contributed by atoms with van der Waals surface area (Å²) in [6, 6.07) is 2.16. The average Bonchev–Trinajstić information content (AvgIpc) is 2.50. The fraction of sp³-hybridized carbons (Fsp3) is 0.125. The van der Waals surface area contributed by atoms with Crippen LogP contribution in [0.5, 0.6) is 0 Å². The fourth-order valence-electron chi connectivity index (χ4n) is 1.10. The smallest absolute Gasteiger partial charge is 0.156 e. The van der Waals surface area contributed by atoms with Crippen LogP contribution >= 0.6 is 0 Å². The second-order valence-corrected chi connectivity index (χ2v) is 2.30. The van der Waals surface area contributed by atoms with Crippen molar-refractivity contribution in [3.05, 3.63) is 23.9 Å². The zero-order valence-corrected chi connectivity index (χ0v) is 5.73. The Morgan fingerprint density at radius 3 is 3.27 bits per heavy atom. The number of hydrogen-bond acceptors (Lipinski definition) is 3. The first-order valence-corrected chi connectivity index (χ1v) is 3.30. The van der Waals surface area contributed by atoms with Crippen molar-refractivity contribution in [2.45, 2.75) is 0 Å². The summed E-state index contributed by atoms with van der Waals surface area (Å²) in [5, 5.41) is 8.69. The second kappa shape index (κ2) is 2.17. The van der Waals surface area contributed by atoms with Crippen LogP contribution in [0.15, 0.2) is 33.9 Å². The minimum absolute atomic E-state index is 0.162. The van der Waals surface area contributed by atoms with Gasteiger partial charge in [0.25, 0.3) is 0 Å². The third-order valence-electron chi connectivity index (χ3n) is 1.66. The van der Waals surface area contributed by atoms with Crippen LogP contribution in [0, 0.1) is 17.2 Å². The van der Waals surface area contributed by atoms with Crippen molar-refractivity contribution >= 4 is 12.1 Å². The minimum atomic E-state index is -0.162. The maximum Gasteiger partial charge on any atom is 0.156 e. The minimum Gasteiger partial charge on any atom is -0.237 e. The lowest BCUT2D eigenvalue weighted by atomic mass is 9.99. The van der Waals surface area contributed by atoms with Crippen LogP contribution in [0.2, 0.25) is 0 Å². The van der Waals surface area contributed by atoms with Gasteiger partial charge in [0.05, 0.1) is 12.0 Å². The van der Waals surface area contributed by atoms with Crippen molar-refractivity contribution in [1.82, 2.24) is 0 Å². The molecule has 0 aromatic rings. The zero-order chi connectivity index (χ0) is 7.68. The summed E-state index contributed by atoms with van der Waals surface area (Å²) >= 11 is 0. The lowest BCUT2D eigenvalue weighted by molar-refractivity contribution is 1.02. The Labute approximate surface area is 64.1 Å². The molecule has 0 saturated carbocycles. The number of nitriles is 1. The lowest BCUT2D eigenvalue weighted by Crippen LogP contribution is -2.08. The summed E-state index contributed by atoms with van der Waals surface area (Å²) < 4.78 is 0. The topological polar surface area (TPSA) is 48.5 Å². The summed E-state index contributed by atoms with van der Waals surface area (Å²) in [4.78, 5) is 7.99. The quantitative estimate of drug-likeness (QED) is 0.500. The summed E-state index contributed by atoms with van der Waals surface area (Å²) in [5.74, 6) is 0.518. The Morgan fingerprint density at radius 1 is 1.55 bits per heavy atom. The van der Waals surface area contributed by atoms with Crippen LogP contribution in [-0.4, -0.2) is 12.1 Å². The van der Waals surface area contributed by atoms with E-state index in [4.69, 9.17) is 5.26 Å². The van der Waals surface area contributed by atoms with Crippen molar-refractivity contribution in [3.8, 4) is 6.07 Å². The Morgan fingerprint density at radius 2 is 2.45 bits per heavy atom. The highest BCUT2D eigenvalue weighted by molar-refractivity contribution is 6.12. The normalized spacial score (nSPS) is 25.5. The van der Waals surface area contributed by atoms with Gasteiger partial charge in [-0.3, -0.25) is 0 Å². The highest BCUT2D eigenvalue weighted by atomic mass is 14.9. The SMILES string of the molecule is N#C[C@@H]1C=CN=C2N=CC=C21. The highest BCUT2D eigenvalue weighted by Gasteiger charge is 2.20. The van der Waals surface area contributed by atoms with E-state index in [0.717, 1.165) is 5.57 Å². The predicted molar refractivity (Wildman–Crippen MR) is 42.3 cm³/mol. The number of hydrogen-bond donors (Lipinski definition) is 0. The second-order valence-electron chi connectivity index (χ2n) is 2.30. The van der Waals surface area contributed by atoms with Crippen LogP contribution in [0.1, 0.15) is 0 Å². The number of aliphatic imine (C=N–C) groups is 2. The largest absolute Gasteiger partial charge is 0.237 e. The molecule has 0 aromatic carbocycles. The molecule has 0 spiro atoms. The van der Waals surface area contributed by atoms with Gasteiger partial charge in [-0.05, 0) is 12.2 Å². The maximum absolute atomic E-state index is 8.69. The molecular weight excluding hydrogens is 138 g/mol. The molecule has 2 heterocycles. The first-order valence-electron chi connectivity index (χ1n) is 3.30. The molecule has 0 bridgehead atoms. The molecule has 0 amide bonds. The van der Waals surface area contributed by atoms with Gasteiger partial charge in [-0.15, -0.1) is 0 Å². The molecule has 0 aliphatic carbocycles. The maximum atomic E-state index is 8.69. The third kappa shape index (κ3) is 0.802. The van der Waals surface area contributed by atoms with Gasteiger partial charge in [-0.2, -0.15) is 5.26 Å². The van der Waals surface area contributed by atoms with E-state index in [0.29, 0.717) is 5.84 Å². The van der Waals surface area contributed by atoms with Gasteiger partial charge in [0, 0.05) is 18.0 Å². The van der Waals surface area contributed by atoms with Crippen LogP contribution in [0.4, 0.5) is 0 Å². The number of amidine groups is 1. The van der Waals surface area contributed by atoms with E-state index in [2.05, 4.69) is 16.1 Å². The van der Waals surface area contributed by atoms with E-state index >= 15 is 0 Å². The monoisotopic (exact) mass is 143 g/mol. The molecule has 2 rings (SSSR count). The molecule has 1 atom stereocenters. The third-order valence-corrected chi connectivity index (χ3v) is 1.66. The molecule has 2 aliphatic rings. The summed E-state index contributed by atoms with van der Waals surface area (Å²) in [6.07, 6.45) is 6.90. The number of rotatable bonds is 0. The summed E-state index contributed by atoms with van der Waals surface area (Å²) in [5.41, 5.74) is 0.912. The van der Waals surface area contributed by atoms with Gasteiger partial charge in [0.15, 0.2) is 5.84 Å². The summed E-state index contributed by atoms with van der Waals surface area (Å²) in [7, 11) is 0. The van der Waals surface area contributed by atoms with Gasteiger partial charge in [-0.25, -0.2) is 9.98 Å². The van der Waals surface area contributed by atoms with Gasteiger partial charge in [0.2, 0.25) is 0 Å². The number of nitrogens with zero attached hydrogens (tertiary/aromatic N) is 3. The van der Waals surface area contributed by atoms with Crippen LogP contribution in [0.25, 0.3) is 0 Å². The van der Waals surface area contributed by atoms with E-state index in [1.165, 1.54) is 0 Å². The molecule has 11 heavy (non-hydrogen) atoms. The molecule has 3 nitrogen and oxygen atoms in total. The van der Waals surface area contributed by atoms with Gasteiger partial charge in [-0.1, -0.05) is 0 Å². The molecule has 0 fully saturated rings. The molecular formula is C8H5N3. The average molecular weight is 143 g/mol. The van der Waals surface area contributed by atoms with E-state index in [1.54, 1.807) is 18.5 Å². The standard InChI is InChI=1S/C8H5N3/c9-5-6-1-3-10-8-7(6)2-4-11-8/h1-4,6H/t6-/m0/s1. The number of fused-ring (bicyclic) bond motifs is 1. The van der Waals surface area contributed by atoms with Gasteiger partial charge >= 0.3 is 0 Å². The van der Waals surface area contributed by atoms with Crippen molar-refractivity contribution < 1.29 is 0 Å². The van der Waals surface area contributed by atoms with Crippen molar-refractivity contribution in [2.24, 2.45) is 15.9 Å². The predicted octanol–water partition coefficient (Wildman–Crippen LogP) is 1.06. The van der Waals surface area contributed by atoms with Crippen LogP contribution in [0.3, 0.4) is 0 Å². The van der Waals surface area contributed by atoms with Crippen molar-refractivity contribution in [3.63, 3.8) is 0 Å². The Balaban J connectivity index is 2.44. The number of allylic oxidation sites excluding steroid dienone is 2. The molecule has 0 saturated heterocycles. The van der Waals surface area contributed by atoms with Gasteiger partial charge < -0.3 is 0 Å². The summed E-state index contributed by atoms with van der Waals surface area (Å²) in [6.45, 7) is 0. The van der Waals surface area contributed by atoms with Crippen molar-refractivity contribution in [2.75, 3.05) is 0 Å². The fourth-order valence-corrected chi connectivity index (χ4v) is 1.10. The molecule has 3 heteroatoms. The van der Waals surface area contributed by atoms with E-state index in [1.807, 2.05) is 6.08 Å². The Kier molecular flexibility index (Phi) is 1.19. The first-order chi connectivity index (χ1) is 5.42. The Hall–Kier alpha value is -1.69. The zero-order valence-electron chi connectivity index (χ0n) is 5.73. The molecule has 0 aromatic heterocycles.